The number of amides is 1. The van der Waals surface area contributed by atoms with Gasteiger partial charge in [0.2, 0.25) is 5.91 Å². The van der Waals surface area contributed by atoms with Gasteiger partial charge in [0.15, 0.2) is 0 Å². The first-order chi connectivity index (χ1) is 17.9. The van der Waals surface area contributed by atoms with Crippen LogP contribution in [0.1, 0.15) is 136 Å². The summed E-state index contributed by atoms with van der Waals surface area (Å²) in [6.07, 6.45) is 21.9. The summed E-state index contributed by atoms with van der Waals surface area (Å²) >= 11 is 3.16. The molecule has 9 heteroatoms. The predicted octanol–water partition coefficient (Wildman–Crippen LogP) is 8.47. The van der Waals surface area contributed by atoms with Crippen molar-refractivity contribution in [2.45, 2.75) is 142 Å². The maximum Gasteiger partial charge on any atom is 0.472 e. The number of phosphoric acid groups is 1. The molecular weight excluding hydrogens is 557 g/mol. The number of carbonyl (C=O) groups excluding carboxylic acids is 1. The first-order valence-electron chi connectivity index (χ1n) is 15.0. The second-order valence-electron chi connectivity index (χ2n) is 9.99. The molecule has 0 rings (SSSR count). The van der Waals surface area contributed by atoms with Crippen molar-refractivity contribution in [2.75, 3.05) is 31.7 Å². The van der Waals surface area contributed by atoms with Crippen LogP contribution < -0.4 is 5.32 Å². The fraction of sp³-hybridized carbons (Fsp3) is 0.964. The molecule has 0 bridgehead atoms. The SMILES string of the molecule is CCCCCCCCCCCOC(CNC(=O)CCCCCCCCCCC)COP(=O)(O)OCCBr. The fourth-order valence-corrected chi connectivity index (χ4v) is 5.27. The number of hydrogen-bond donors (Lipinski definition) is 2. The monoisotopic (exact) mass is 613 g/mol. The van der Waals surface area contributed by atoms with E-state index in [2.05, 4.69) is 35.1 Å². The van der Waals surface area contributed by atoms with E-state index in [4.69, 9.17) is 13.8 Å². The molecule has 0 saturated carbocycles. The molecule has 0 aromatic heterocycles. The third-order valence-corrected chi connectivity index (χ3v) is 7.70. The average Bonchev–Trinajstić information content (AvgIpc) is 2.88. The van der Waals surface area contributed by atoms with Crippen molar-refractivity contribution in [1.29, 1.82) is 0 Å². The maximum absolute atomic E-state index is 12.3. The molecule has 0 aromatic carbocycles. The van der Waals surface area contributed by atoms with Gasteiger partial charge in [0.1, 0.15) is 0 Å². The Balaban J connectivity index is 4.17. The standard InChI is InChI=1S/C28H57BrNO6P/c1-3-5-7-9-11-13-15-17-19-21-28(31)30-25-27(26-36-37(32,33)35-24-22-29)34-23-20-18-16-14-12-10-8-6-4-2/h27H,3-26H2,1-2H3,(H,30,31)(H,32,33). The van der Waals surface area contributed by atoms with E-state index < -0.39 is 13.9 Å². The Hall–Kier alpha value is 0.0200. The number of rotatable bonds is 29. The lowest BCUT2D eigenvalue weighted by atomic mass is 10.1. The molecule has 1 amide bonds. The first kappa shape index (κ1) is 37.0. The lowest BCUT2D eigenvalue weighted by Crippen LogP contribution is -2.36. The molecule has 0 aliphatic carbocycles. The average molecular weight is 615 g/mol. The largest absolute Gasteiger partial charge is 0.472 e. The minimum Gasteiger partial charge on any atom is -0.374 e. The molecule has 0 saturated heterocycles. The van der Waals surface area contributed by atoms with Crippen LogP contribution in [0, 0.1) is 0 Å². The van der Waals surface area contributed by atoms with E-state index in [1.807, 2.05) is 0 Å². The summed E-state index contributed by atoms with van der Waals surface area (Å²) in [5.74, 6) is -0.0117. The minimum absolute atomic E-state index is 0.0117. The number of ether oxygens (including phenoxy) is 1. The van der Waals surface area contributed by atoms with Gasteiger partial charge >= 0.3 is 7.82 Å². The predicted molar refractivity (Wildman–Crippen MR) is 157 cm³/mol. The Morgan fingerprint density at radius 1 is 0.757 bits per heavy atom. The van der Waals surface area contributed by atoms with Gasteiger partial charge in [-0.3, -0.25) is 13.8 Å². The summed E-state index contributed by atoms with van der Waals surface area (Å²) < 4.78 is 27.9. The third-order valence-electron chi connectivity index (χ3n) is 6.39. The molecule has 0 fully saturated rings. The van der Waals surface area contributed by atoms with Crippen molar-refractivity contribution in [1.82, 2.24) is 5.32 Å². The summed E-state index contributed by atoms with van der Waals surface area (Å²) in [5.41, 5.74) is 0. The number of alkyl halides is 1. The van der Waals surface area contributed by atoms with Gasteiger partial charge in [0, 0.05) is 24.9 Å². The summed E-state index contributed by atoms with van der Waals surface area (Å²) in [7, 11) is -4.14. The molecule has 0 radical (unpaired) electrons. The second-order valence-corrected chi connectivity index (χ2v) is 12.2. The molecule has 7 nitrogen and oxygen atoms in total. The van der Waals surface area contributed by atoms with Gasteiger partial charge in [-0.2, -0.15) is 0 Å². The van der Waals surface area contributed by atoms with E-state index in [0.29, 0.717) is 18.4 Å². The van der Waals surface area contributed by atoms with Crippen LogP contribution >= 0.6 is 23.8 Å². The minimum atomic E-state index is -4.14. The molecule has 222 valence electrons. The number of halogens is 1. The molecule has 0 aliphatic heterocycles. The van der Waals surface area contributed by atoms with Gasteiger partial charge < -0.3 is 14.9 Å². The van der Waals surface area contributed by atoms with Crippen LogP contribution in [-0.2, 0) is 23.1 Å². The van der Waals surface area contributed by atoms with E-state index in [0.717, 1.165) is 25.7 Å². The first-order valence-corrected chi connectivity index (χ1v) is 17.6. The van der Waals surface area contributed by atoms with Crippen molar-refractivity contribution in [3.05, 3.63) is 0 Å². The Morgan fingerprint density at radius 2 is 1.24 bits per heavy atom. The Kier molecular flexibility index (Phi) is 27.6. The van der Waals surface area contributed by atoms with Crippen LogP contribution in [0.25, 0.3) is 0 Å². The lowest BCUT2D eigenvalue weighted by molar-refractivity contribution is -0.122. The number of carbonyl (C=O) groups is 1. The van der Waals surface area contributed by atoms with E-state index in [-0.39, 0.29) is 25.7 Å². The molecule has 2 unspecified atom stereocenters. The smallest absolute Gasteiger partial charge is 0.374 e. The second kappa shape index (κ2) is 27.6. The zero-order valence-corrected chi connectivity index (χ0v) is 26.3. The highest BCUT2D eigenvalue weighted by molar-refractivity contribution is 9.09. The third kappa shape index (κ3) is 27.4. The number of nitrogens with one attached hydrogen (secondary N) is 1. The normalized spacial score (nSPS) is 13.9. The number of unbranched alkanes of at least 4 members (excludes halogenated alkanes) is 16. The number of hydrogen-bond acceptors (Lipinski definition) is 5. The van der Waals surface area contributed by atoms with E-state index in [1.165, 1.54) is 89.9 Å². The lowest BCUT2D eigenvalue weighted by Gasteiger charge is -2.20. The van der Waals surface area contributed by atoms with Crippen LogP contribution in [0.5, 0.6) is 0 Å². The molecule has 0 heterocycles. The van der Waals surface area contributed by atoms with E-state index in [1.54, 1.807) is 0 Å². The molecular formula is C28H57BrNO6P. The Bertz CT molecular complexity index is 555. The van der Waals surface area contributed by atoms with Crippen molar-refractivity contribution in [3.8, 4) is 0 Å². The molecule has 0 spiro atoms. The molecule has 0 aliphatic rings. The highest BCUT2D eigenvalue weighted by atomic mass is 79.9. The maximum atomic E-state index is 12.3. The van der Waals surface area contributed by atoms with Crippen LogP contribution in [0.4, 0.5) is 0 Å². The Labute approximate surface area is 236 Å². The summed E-state index contributed by atoms with van der Waals surface area (Å²) in [6.45, 7) is 5.23. The summed E-state index contributed by atoms with van der Waals surface area (Å²) in [5, 5.41) is 3.35. The molecule has 2 atom stereocenters. The van der Waals surface area contributed by atoms with Crippen LogP contribution in [-0.4, -0.2) is 48.6 Å². The van der Waals surface area contributed by atoms with Gasteiger partial charge in [-0.15, -0.1) is 0 Å². The zero-order chi connectivity index (χ0) is 27.5. The van der Waals surface area contributed by atoms with Crippen molar-refractivity contribution >= 4 is 29.7 Å². The quantitative estimate of drug-likeness (QED) is 0.0499. The molecule has 0 aromatic rings. The fourth-order valence-electron chi connectivity index (χ4n) is 4.11. The highest BCUT2D eigenvalue weighted by Gasteiger charge is 2.23. The zero-order valence-electron chi connectivity index (χ0n) is 23.9. The number of phosphoric ester groups is 1. The van der Waals surface area contributed by atoms with E-state index in [9.17, 15) is 14.3 Å². The van der Waals surface area contributed by atoms with Gasteiger partial charge in [-0.1, -0.05) is 133 Å². The summed E-state index contributed by atoms with van der Waals surface area (Å²) in [4.78, 5) is 22.1. The van der Waals surface area contributed by atoms with Crippen LogP contribution in [0.3, 0.4) is 0 Å². The molecule has 37 heavy (non-hydrogen) atoms. The van der Waals surface area contributed by atoms with Crippen molar-refractivity contribution < 1.29 is 28.0 Å². The topological polar surface area (TPSA) is 94.1 Å². The van der Waals surface area contributed by atoms with Gasteiger partial charge in [0.25, 0.3) is 0 Å². The van der Waals surface area contributed by atoms with Crippen molar-refractivity contribution in [2.24, 2.45) is 0 Å². The van der Waals surface area contributed by atoms with Gasteiger partial charge in [-0.25, -0.2) is 4.57 Å². The van der Waals surface area contributed by atoms with Gasteiger partial charge in [0.05, 0.1) is 19.3 Å². The molecule has 2 N–H and O–H groups in total. The van der Waals surface area contributed by atoms with Crippen LogP contribution in [0.15, 0.2) is 0 Å². The Morgan fingerprint density at radius 3 is 1.76 bits per heavy atom. The van der Waals surface area contributed by atoms with Gasteiger partial charge in [-0.05, 0) is 12.8 Å². The van der Waals surface area contributed by atoms with E-state index >= 15 is 0 Å². The summed E-state index contributed by atoms with van der Waals surface area (Å²) in [6, 6.07) is 0. The van der Waals surface area contributed by atoms with Crippen molar-refractivity contribution in [3.63, 3.8) is 0 Å². The highest BCUT2D eigenvalue weighted by Crippen LogP contribution is 2.43. The van der Waals surface area contributed by atoms with Crippen LogP contribution in [0.2, 0.25) is 0 Å².